The second-order valence-electron chi connectivity index (χ2n) is 7.75. The monoisotopic (exact) mass is 420 g/mol. The van der Waals surface area contributed by atoms with Crippen molar-refractivity contribution in [1.82, 2.24) is 0 Å². The molecule has 1 saturated heterocycles. The predicted octanol–water partition coefficient (Wildman–Crippen LogP) is 3.80. The summed E-state index contributed by atoms with van der Waals surface area (Å²) in [5.74, 6) is -0.668. The van der Waals surface area contributed by atoms with Gasteiger partial charge in [0.1, 0.15) is 11.5 Å². The van der Waals surface area contributed by atoms with E-state index in [4.69, 9.17) is 9.47 Å². The van der Waals surface area contributed by atoms with Gasteiger partial charge in [0.2, 0.25) is 11.8 Å². The third kappa shape index (κ3) is 3.67. The fourth-order valence-electron chi connectivity index (χ4n) is 4.24. The molecule has 1 aliphatic heterocycles. The van der Waals surface area contributed by atoms with Gasteiger partial charge in [-0.2, -0.15) is 0 Å². The van der Waals surface area contributed by atoms with E-state index in [0.717, 1.165) is 5.57 Å². The first-order valence-electron chi connectivity index (χ1n) is 10.1. The van der Waals surface area contributed by atoms with Crippen molar-refractivity contribution >= 4 is 29.1 Å². The summed E-state index contributed by atoms with van der Waals surface area (Å²) in [6, 6.07) is 11.7. The zero-order valence-electron chi connectivity index (χ0n) is 17.7. The number of anilines is 2. The molecule has 0 radical (unpaired) electrons. The Kier molecular flexibility index (Phi) is 5.50. The molecule has 4 rings (SSSR count). The molecule has 2 atom stereocenters. The first-order valence-corrected chi connectivity index (χ1v) is 10.1. The predicted molar refractivity (Wildman–Crippen MR) is 116 cm³/mol. The Hall–Kier alpha value is -3.61. The molecule has 0 saturated carbocycles. The molecule has 0 bridgehead atoms. The van der Waals surface area contributed by atoms with Crippen LogP contribution < -0.4 is 19.7 Å². The van der Waals surface area contributed by atoms with E-state index in [-0.39, 0.29) is 29.2 Å². The van der Waals surface area contributed by atoms with Crippen molar-refractivity contribution in [2.75, 3.05) is 24.4 Å². The number of methoxy groups -OCH3 is 2. The van der Waals surface area contributed by atoms with Crippen LogP contribution >= 0.6 is 0 Å². The minimum absolute atomic E-state index is 0.234. The first kappa shape index (κ1) is 20.7. The fraction of sp³-hybridized carbons (Fsp3) is 0.292. The molecule has 31 heavy (non-hydrogen) atoms. The van der Waals surface area contributed by atoms with E-state index in [1.165, 1.54) is 19.1 Å². The molecular formula is C24H24N2O5. The maximum absolute atomic E-state index is 13.2. The second kappa shape index (κ2) is 8.26. The molecule has 1 aliphatic carbocycles. The third-order valence-electron chi connectivity index (χ3n) is 5.87. The van der Waals surface area contributed by atoms with Crippen molar-refractivity contribution in [3.8, 4) is 11.5 Å². The van der Waals surface area contributed by atoms with Crippen LogP contribution in [0.1, 0.15) is 30.1 Å². The van der Waals surface area contributed by atoms with Gasteiger partial charge in [-0.25, -0.2) is 4.90 Å². The Morgan fingerprint density at radius 2 is 1.77 bits per heavy atom. The number of imide groups is 1. The summed E-state index contributed by atoms with van der Waals surface area (Å²) in [4.78, 5) is 40.6. The van der Waals surface area contributed by atoms with E-state index in [1.807, 2.05) is 13.0 Å². The minimum atomic E-state index is -0.452. The van der Waals surface area contributed by atoms with E-state index in [2.05, 4.69) is 5.32 Å². The molecule has 2 aliphatic rings. The average molecular weight is 420 g/mol. The maximum atomic E-state index is 13.2. The van der Waals surface area contributed by atoms with Crippen LogP contribution in [0.5, 0.6) is 11.5 Å². The summed E-state index contributed by atoms with van der Waals surface area (Å²) in [6.45, 7) is 1.97. The number of hydrogen-bond donors (Lipinski definition) is 1. The molecule has 0 unspecified atom stereocenters. The Bertz CT molecular complexity index is 1090. The number of ether oxygens (including phenoxy) is 2. The molecule has 0 spiro atoms. The van der Waals surface area contributed by atoms with Gasteiger partial charge < -0.3 is 14.8 Å². The van der Waals surface area contributed by atoms with E-state index >= 15 is 0 Å². The highest BCUT2D eigenvalue weighted by Gasteiger charge is 2.49. The Morgan fingerprint density at radius 3 is 2.52 bits per heavy atom. The largest absolute Gasteiger partial charge is 0.497 e. The van der Waals surface area contributed by atoms with Gasteiger partial charge in [-0.15, -0.1) is 0 Å². The van der Waals surface area contributed by atoms with Crippen molar-refractivity contribution in [3.05, 3.63) is 59.7 Å². The molecule has 0 aromatic heterocycles. The summed E-state index contributed by atoms with van der Waals surface area (Å²) >= 11 is 0. The smallest absolute Gasteiger partial charge is 0.257 e. The lowest BCUT2D eigenvalue weighted by molar-refractivity contribution is -0.122. The molecule has 7 nitrogen and oxygen atoms in total. The van der Waals surface area contributed by atoms with Gasteiger partial charge in [-0.1, -0.05) is 23.8 Å². The van der Waals surface area contributed by atoms with E-state index in [0.29, 0.717) is 35.7 Å². The lowest BCUT2D eigenvalue weighted by atomic mass is 9.82. The summed E-state index contributed by atoms with van der Waals surface area (Å²) in [5, 5.41) is 2.81. The van der Waals surface area contributed by atoms with Gasteiger partial charge >= 0.3 is 0 Å². The van der Waals surface area contributed by atoms with Crippen LogP contribution in [0.3, 0.4) is 0 Å². The molecule has 2 aromatic rings. The van der Waals surface area contributed by atoms with Crippen LogP contribution in [0.4, 0.5) is 11.4 Å². The number of carbonyl (C=O) groups is 3. The standard InChI is InChI=1S/C24H24N2O5/c1-14-8-10-16-18(12-14)24(29)26(23(16)28)20-7-5-4-6-17(20)22(27)25-19-13-15(30-2)9-11-21(19)31-3/h4-9,11,13,16,18H,10,12H2,1-3H3,(H,25,27)/t16-,18+/m0/s1. The van der Waals surface area contributed by atoms with Gasteiger partial charge in [0.15, 0.2) is 0 Å². The summed E-state index contributed by atoms with van der Waals surface area (Å²) in [5.41, 5.74) is 2.07. The van der Waals surface area contributed by atoms with Crippen molar-refractivity contribution < 1.29 is 23.9 Å². The number of amides is 3. The SMILES string of the molecule is COc1ccc(OC)c(NC(=O)c2ccccc2N2C(=O)[C@H]3CC=C(C)C[C@H]3C2=O)c1. The van der Waals surface area contributed by atoms with Crippen molar-refractivity contribution in [3.63, 3.8) is 0 Å². The van der Waals surface area contributed by atoms with Gasteiger partial charge in [0.05, 0.1) is 43.0 Å². The summed E-state index contributed by atoms with van der Waals surface area (Å²) < 4.78 is 10.6. The van der Waals surface area contributed by atoms with Crippen LogP contribution in [0.25, 0.3) is 0 Å². The second-order valence-corrected chi connectivity index (χ2v) is 7.75. The Balaban J connectivity index is 1.66. The number of carbonyl (C=O) groups excluding carboxylic acids is 3. The number of allylic oxidation sites excluding steroid dienone is 2. The van der Waals surface area contributed by atoms with E-state index < -0.39 is 5.91 Å². The fourth-order valence-corrected chi connectivity index (χ4v) is 4.24. The van der Waals surface area contributed by atoms with Crippen LogP contribution in [-0.4, -0.2) is 31.9 Å². The van der Waals surface area contributed by atoms with Gasteiger partial charge in [0.25, 0.3) is 5.91 Å². The maximum Gasteiger partial charge on any atom is 0.257 e. The molecule has 160 valence electrons. The van der Waals surface area contributed by atoms with Gasteiger partial charge in [-0.05, 0) is 44.0 Å². The lowest BCUT2D eigenvalue weighted by Crippen LogP contribution is -2.33. The van der Waals surface area contributed by atoms with Crippen molar-refractivity contribution in [2.45, 2.75) is 19.8 Å². The number of fused-ring (bicyclic) bond motifs is 1. The number of para-hydroxylation sites is 1. The molecule has 1 fully saturated rings. The molecule has 1 N–H and O–H groups in total. The Morgan fingerprint density at radius 1 is 1.03 bits per heavy atom. The Labute approximate surface area is 180 Å². The van der Waals surface area contributed by atoms with Crippen LogP contribution in [0.2, 0.25) is 0 Å². The van der Waals surface area contributed by atoms with Crippen LogP contribution in [-0.2, 0) is 9.59 Å². The first-order chi connectivity index (χ1) is 14.9. The number of nitrogens with zero attached hydrogens (tertiary/aromatic N) is 1. The number of rotatable bonds is 5. The zero-order valence-corrected chi connectivity index (χ0v) is 17.7. The third-order valence-corrected chi connectivity index (χ3v) is 5.87. The summed E-state index contributed by atoms with van der Waals surface area (Å²) in [6.07, 6.45) is 3.14. The van der Waals surface area contributed by atoms with Crippen molar-refractivity contribution in [1.29, 1.82) is 0 Å². The van der Waals surface area contributed by atoms with Gasteiger partial charge in [0, 0.05) is 6.07 Å². The highest BCUT2D eigenvalue weighted by molar-refractivity contribution is 6.25. The normalized spacial score (nSPS) is 20.2. The minimum Gasteiger partial charge on any atom is -0.497 e. The topological polar surface area (TPSA) is 84.9 Å². The van der Waals surface area contributed by atoms with Crippen molar-refractivity contribution in [2.24, 2.45) is 11.8 Å². The van der Waals surface area contributed by atoms with Crippen LogP contribution in [0.15, 0.2) is 54.1 Å². The molecule has 1 heterocycles. The molecule has 2 aromatic carbocycles. The zero-order chi connectivity index (χ0) is 22.1. The molecular weight excluding hydrogens is 396 g/mol. The lowest BCUT2D eigenvalue weighted by Gasteiger charge is -2.19. The molecule has 7 heteroatoms. The van der Waals surface area contributed by atoms with E-state index in [1.54, 1.807) is 42.5 Å². The quantitative estimate of drug-likeness (QED) is 0.587. The van der Waals surface area contributed by atoms with E-state index in [9.17, 15) is 14.4 Å². The highest BCUT2D eigenvalue weighted by Crippen LogP contribution is 2.41. The van der Waals surface area contributed by atoms with Crippen LogP contribution in [0, 0.1) is 11.8 Å². The number of benzene rings is 2. The average Bonchev–Trinajstić information content (AvgIpc) is 3.02. The number of nitrogens with one attached hydrogen (secondary N) is 1. The summed E-state index contributed by atoms with van der Waals surface area (Å²) in [7, 11) is 3.04. The highest BCUT2D eigenvalue weighted by atomic mass is 16.5. The van der Waals surface area contributed by atoms with Gasteiger partial charge in [-0.3, -0.25) is 14.4 Å². The number of hydrogen-bond acceptors (Lipinski definition) is 5. The molecule has 3 amide bonds.